The lowest BCUT2D eigenvalue weighted by Crippen LogP contribution is -2.34. The Morgan fingerprint density at radius 1 is 1.12 bits per heavy atom. The van der Waals surface area contributed by atoms with Gasteiger partial charge in [-0.25, -0.2) is 4.39 Å². The van der Waals surface area contributed by atoms with Crippen LogP contribution in [0, 0.1) is 5.82 Å². The van der Waals surface area contributed by atoms with Crippen LogP contribution in [0.1, 0.15) is 49.1 Å². The Balaban J connectivity index is 1.32. The molecular formula is C23H27FN2. The molecule has 2 aromatic carbocycles. The van der Waals surface area contributed by atoms with Crippen LogP contribution >= 0.6 is 0 Å². The van der Waals surface area contributed by atoms with E-state index < -0.39 is 0 Å². The standard InChI is InChI=1S/C23H27FN2/c1-17(18-5-3-2-4-6-18)9-12-26-13-10-19(11-14-26)22-16-25-23-15-20(24)7-8-21(22)23/h2-8,15-17,19,25H,9-14H2,1H3. The molecule has 1 aliphatic heterocycles. The first kappa shape index (κ1) is 17.3. The summed E-state index contributed by atoms with van der Waals surface area (Å²) in [5.74, 6) is 1.02. The van der Waals surface area contributed by atoms with Crippen LogP contribution in [0.15, 0.2) is 54.7 Å². The van der Waals surface area contributed by atoms with Gasteiger partial charge in [-0.05, 0) is 80.1 Å². The maximum absolute atomic E-state index is 13.4. The zero-order valence-corrected chi connectivity index (χ0v) is 15.4. The van der Waals surface area contributed by atoms with Gasteiger partial charge in [0, 0.05) is 17.1 Å². The molecule has 1 fully saturated rings. The van der Waals surface area contributed by atoms with Crippen molar-refractivity contribution in [3.8, 4) is 0 Å². The van der Waals surface area contributed by atoms with Crippen molar-refractivity contribution in [1.82, 2.24) is 9.88 Å². The Bertz CT molecular complexity index is 847. The van der Waals surface area contributed by atoms with Crippen LogP contribution in [0.5, 0.6) is 0 Å². The summed E-state index contributed by atoms with van der Waals surface area (Å²) in [6, 6.07) is 15.9. The van der Waals surface area contributed by atoms with Crippen LogP contribution in [0.2, 0.25) is 0 Å². The number of rotatable bonds is 5. The first-order valence-corrected chi connectivity index (χ1v) is 9.74. The molecule has 1 N–H and O–H groups in total. The Labute approximate surface area is 155 Å². The van der Waals surface area contributed by atoms with Crippen LogP contribution < -0.4 is 0 Å². The highest BCUT2D eigenvalue weighted by atomic mass is 19.1. The van der Waals surface area contributed by atoms with Crippen molar-refractivity contribution in [3.63, 3.8) is 0 Å². The quantitative estimate of drug-likeness (QED) is 0.627. The lowest BCUT2D eigenvalue weighted by Gasteiger charge is -2.32. The Kier molecular flexibility index (Phi) is 5.07. The van der Waals surface area contributed by atoms with Crippen LogP contribution in [0.25, 0.3) is 10.9 Å². The monoisotopic (exact) mass is 350 g/mol. The summed E-state index contributed by atoms with van der Waals surface area (Å²) in [4.78, 5) is 5.84. The molecule has 4 rings (SSSR count). The van der Waals surface area contributed by atoms with Gasteiger partial charge in [0.05, 0.1) is 0 Å². The Hall–Kier alpha value is -2.13. The van der Waals surface area contributed by atoms with E-state index in [2.05, 4.69) is 53.3 Å². The number of aromatic amines is 1. The van der Waals surface area contributed by atoms with E-state index in [1.165, 1.54) is 42.3 Å². The molecule has 1 unspecified atom stereocenters. The number of nitrogens with one attached hydrogen (secondary N) is 1. The molecule has 1 saturated heterocycles. The zero-order chi connectivity index (χ0) is 17.9. The molecule has 0 bridgehead atoms. The van der Waals surface area contributed by atoms with E-state index in [0.29, 0.717) is 11.8 Å². The van der Waals surface area contributed by atoms with Crippen molar-refractivity contribution in [3.05, 3.63) is 71.7 Å². The van der Waals surface area contributed by atoms with Gasteiger partial charge in [-0.3, -0.25) is 0 Å². The molecule has 26 heavy (non-hydrogen) atoms. The third-order valence-corrected chi connectivity index (χ3v) is 5.95. The molecule has 2 heterocycles. The minimum atomic E-state index is -0.173. The molecule has 0 radical (unpaired) electrons. The highest BCUT2D eigenvalue weighted by Crippen LogP contribution is 2.33. The number of nitrogens with zero attached hydrogens (tertiary/aromatic N) is 1. The topological polar surface area (TPSA) is 19.0 Å². The number of aromatic nitrogens is 1. The van der Waals surface area contributed by atoms with E-state index in [4.69, 9.17) is 0 Å². The van der Waals surface area contributed by atoms with Gasteiger partial charge >= 0.3 is 0 Å². The minimum absolute atomic E-state index is 0.173. The molecule has 3 aromatic rings. The summed E-state index contributed by atoms with van der Waals surface area (Å²) in [5.41, 5.74) is 3.71. The molecule has 1 aliphatic rings. The number of likely N-dealkylation sites (tertiary alicyclic amines) is 1. The lowest BCUT2D eigenvalue weighted by atomic mass is 9.89. The van der Waals surface area contributed by atoms with Gasteiger partial charge in [-0.2, -0.15) is 0 Å². The molecule has 1 aromatic heterocycles. The van der Waals surface area contributed by atoms with Gasteiger partial charge in [0.2, 0.25) is 0 Å². The summed E-state index contributed by atoms with van der Waals surface area (Å²) in [5, 5.41) is 1.18. The summed E-state index contributed by atoms with van der Waals surface area (Å²) in [6.45, 7) is 5.80. The second-order valence-corrected chi connectivity index (χ2v) is 7.65. The predicted molar refractivity (Wildman–Crippen MR) is 106 cm³/mol. The number of hydrogen-bond acceptors (Lipinski definition) is 1. The smallest absolute Gasteiger partial charge is 0.125 e. The number of piperidine rings is 1. The fourth-order valence-electron chi connectivity index (χ4n) is 4.25. The first-order valence-electron chi connectivity index (χ1n) is 9.74. The van der Waals surface area contributed by atoms with Gasteiger partial charge in [0.25, 0.3) is 0 Å². The summed E-state index contributed by atoms with van der Waals surface area (Å²) in [7, 11) is 0. The van der Waals surface area contributed by atoms with E-state index in [1.54, 1.807) is 12.1 Å². The van der Waals surface area contributed by atoms with E-state index in [9.17, 15) is 4.39 Å². The zero-order valence-electron chi connectivity index (χ0n) is 15.4. The first-order chi connectivity index (χ1) is 12.7. The van der Waals surface area contributed by atoms with Crippen molar-refractivity contribution in [2.45, 2.75) is 38.0 Å². The van der Waals surface area contributed by atoms with Crippen molar-refractivity contribution >= 4 is 10.9 Å². The fourth-order valence-corrected chi connectivity index (χ4v) is 4.25. The number of hydrogen-bond donors (Lipinski definition) is 1. The number of halogens is 1. The maximum atomic E-state index is 13.4. The second kappa shape index (κ2) is 7.63. The fraction of sp³-hybridized carbons (Fsp3) is 0.391. The van der Waals surface area contributed by atoms with Crippen molar-refractivity contribution in [2.24, 2.45) is 0 Å². The van der Waals surface area contributed by atoms with Gasteiger partial charge in [-0.15, -0.1) is 0 Å². The Morgan fingerprint density at radius 2 is 1.88 bits per heavy atom. The van der Waals surface area contributed by atoms with Gasteiger partial charge in [-0.1, -0.05) is 37.3 Å². The molecule has 2 nitrogen and oxygen atoms in total. The molecule has 0 amide bonds. The van der Waals surface area contributed by atoms with Gasteiger partial charge in [0.15, 0.2) is 0 Å². The Morgan fingerprint density at radius 3 is 2.65 bits per heavy atom. The summed E-state index contributed by atoms with van der Waals surface area (Å²) < 4.78 is 13.4. The largest absolute Gasteiger partial charge is 0.361 e. The highest BCUT2D eigenvalue weighted by molar-refractivity contribution is 5.83. The average Bonchev–Trinajstić information content (AvgIpc) is 3.10. The van der Waals surface area contributed by atoms with E-state index >= 15 is 0 Å². The summed E-state index contributed by atoms with van der Waals surface area (Å²) in [6.07, 6.45) is 5.66. The molecular weight excluding hydrogens is 323 g/mol. The minimum Gasteiger partial charge on any atom is -0.361 e. The molecule has 3 heteroatoms. The molecule has 0 saturated carbocycles. The number of H-pyrrole nitrogens is 1. The van der Waals surface area contributed by atoms with Gasteiger partial charge < -0.3 is 9.88 Å². The third kappa shape index (κ3) is 3.68. The summed E-state index contributed by atoms with van der Waals surface area (Å²) >= 11 is 0. The third-order valence-electron chi connectivity index (χ3n) is 5.95. The van der Waals surface area contributed by atoms with Crippen molar-refractivity contribution < 1.29 is 4.39 Å². The van der Waals surface area contributed by atoms with Gasteiger partial charge in [0.1, 0.15) is 5.82 Å². The lowest BCUT2D eigenvalue weighted by molar-refractivity contribution is 0.207. The SMILES string of the molecule is CC(CCN1CCC(c2c[nH]c3cc(F)ccc23)CC1)c1ccccc1. The maximum Gasteiger partial charge on any atom is 0.125 e. The average molecular weight is 350 g/mol. The molecule has 1 atom stereocenters. The van der Waals surface area contributed by atoms with E-state index in [1.807, 2.05) is 6.07 Å². The molecule has 0 spiro atoms. The molecule has 0 aliphatic carbocycles. The second-order valence-electron chi connectivity index (χ2n) is 7.65. The van der Waals surface area contributed by atoms with E-state index in [0.717, 1.165) is 18.6 Å². The van der Waals surface area contributed by atoms with Crippen LogP contribution in [-0.4, -0.2) is 29.5 Å². The van der Waals surface area contributed by atoms with Crippen molar-refractivity contribution in [1.29, 1.82) is 0 Å². The highest BCUT2D eigenvalue weighted by Gasteiger charge is 2.23. The normalized spacial score (nSPS) is 17.6. The van der Waals surface area contributed by atoms with Crippen molar-refractivity contribution in [2.75, 3.05) is 19.6 Å². The molecule has 136 valence electrons. The number of fused-ring (bicyclic) bond motifs is 1. The number of benzene rings is 2. The van der Waals surface area contributed by atoms with Crippen LogP contribution in [-0.2, 0) is 0 Å². The predicted octanol–water partition coefficient (Wildman–Crippen LogP) is 5.68. The van der Waals surface area contributed by atoms with Crippen LogP contribution in [0.3, 0.4) is 0 Å². The van der Waals surface area contributed by atoms with E-state index in [-0.39, 0.29) is 5.82 Å². The van der Waals surface area contributed by atoms with Crippen LogP contribution in [0.4, 0.5) is 4.39 Å².